The average molecular weight is 341 g/mol. The molecular weight excluding hydrogens is 314 g/mol. The van der Waals surface area contributed by atoms with Crippen molar-refractivity contribution in [2.75, 3.05) is 13.7 Å². The van der Waals surface area contributed by atoms with Crippen molar-refractivity contribution in [3.8, 4) is 11.5 Å². The van der Waals surface area contributed by atoms with Crippen molar-refractivity contribution < 1.29 is 14.3 Å². The maximum atomic E-state index is 12.2. The van der Waals surface area contributed by atoms with Gasteiger partial charge in [0, 0.05) is 0 Å². The van der Waals surface area contributed by atoms with Crippen LogP contribution in [0.1, 0.15) is 43.0 Å². The number of ether oxygens (including phenoxy) is 2. The molecule has 1 amide bonds. The van der Waals surface area contributed by atoms with Gasteiger partial charge in [0.2, 0.25) is 0 Å². The second kappa shape index (κ2) is 9.11. The first-order chi connectivity index (χ1) is 12.1. The predicted octanol–water partition coefficient (Wildman–Crippen LogP) is 4.21. The lowest BCUT2D eigenvalue weighted by Crippen LogP contribution is -2.32. The number of carbonyl (C=O) groups is 1. The van der Waals surface area contributed by atoms with E-state index in [1.807, 2.05) is 43.3 Å². The van der Waals surface area contributed by atoms with Crippen molar-refractivity contribution in [3.63, 3.8) is 0 Å². The highest BCUT2D eigenvalue weighted by atomic mass is 16.5. The van der Waals surface area contributed by atoms with E-state index in [-0.39, 0.29) is 18.6 Å². The molecule has 1 N–H and O–H groups in total. The van der Waals surface area contributed by atoms with Crippen LogP contribution < -0.4 is 14.8 Å². The van der Waals surface area contributed by atoms with Crippen LogP contribution in [-0.4, -0.2) is 19.6 Å². The van der Waals surface area contributed by atoms with E-state index in [4.69, 9.17) is 9.47 Å². The number of carbonyl (C=O) groups excluding carboxylic acids is 1. The Balaban J connectivity index is 1.93. The van der Waals surface area contributed by atoms with Gasteiger partial charge in [0.15, 0.2) is 6.61 Å². The summed E-state index contributed by atoms with van der Waals surface area (Å²) in [6.07, 6.45) is 1.79. The van der Waals surface area contributed by atoms with Crippen LogP contribution in [0.4, 0.5) is 0 Å². The van der Waals surface area contributed by atoms with E-state index in [0.29, 0.717) is 5.75 Å². The summed E-state index contributed by atoms with van der Waals surface area (Å²) < 4.78 is 10.9. The Hall–Kier alpha value is -2.49. The number of nitrogens with one attached hydrogen (secondary N) is 1. The van der Waals surface area contributed by atoms with Crippen LogP contribution in [0.2, 0.25) is 0 Å². The standard InChI is InChI=1S/C21H27NO3/c1-5-16-7-10-18(11-8-16)25-14-21(23)22-19(6-2)17-9-12-20(24-4)15(3)13-17/h7-13,19H,5-6,14H2,1-4H3,(H,22,23)/t19-/m0/s1. The van der Waals surface area contributed by atoms with Crippen LogP contribution in [0.5, 0.6) is 11.5 Å². The van der Waals surface area contributed by atoms with Crippen LogP contribution in [0.3, 0.4) is 0 Å². The molecule has 0 aliphatic carbocycles. The molecule has 0 spiro atoms. The lowest BCUT2D eigenvalue weighted by Gasteiger charge is -2.19. The number of hydrogen-bond donors (Lipinski definition) is 1. The molecular formula is C21H27NO3. The number of amides is 1. The van der Waals surface area contributed by atoms with Crippen molar-refractivity contribution in [1.29, 1.82) is 0 Å². The summed E-state index contributed by atoms with van der Waals surface area (Å²) in [6.45, 7) is 6.17. The zero-order chi connectivity index (χ0) is 18.2. The van der Waals surface area contributed by atoms with Gasteiger partial charge in [0.1, 0.15) is 11.5 Å². The summed E-state index contributed by atoms with van der Waals surface area (Å²) in [5.41, 5.74) is 3.37. The van der Waals surface area contributed by atoms with Gasteiger partial charge in [-0.05, 0) is 54.7 Å². The second-order valence-corrected chi connectivity index (χ2v) is 6.04. The molecule has 134 valence electrons. The minimum absolute atomic E-state index is 0.0110. The lowest BCUT2D eigenvalue weighted by atomic mass is 10.0. The first-order valence-electron chi connectivity index (χ1n) is 8.73. The maximum Gasteiger partial charge on any atom is 0.258 e. The molecule has 0 saturated heterocycles. The van der Waals surface area contributed by atoms with Crippen LogP contribution in [0.15, 0.2) is 42.5 Å². The monoisotopic (exact) mass is 341 g/mol. The molecule has 0 aromatic heterocycles. The van der Waals surface area contributed by atoms with Crippen molar-refractivity contribution in [3.05, 3.63) is 59.2 Å². The van der Waals surface area contributed by atoms with Gasteiger partial charge in [0.05, 0.1) is 13.2 Å². The van der Waals surface area contributed by atoms with E-state index in [0.717, 1.165) is 29.7 Å². The Morgan fingerprint density at radius 3 is 2.40 bits per heavy atom. The molecule has 25 heavy (non-hydrogen) atoms. The molecule has 1 atom stereocenters. The first-order valence-corrected chi connectivity index (χ1v) is 8.73. The Labute approximate surface area is 150 Å². The van der Waals surface area contributed by atoms with E-state index >= 15 is 0 Å². The fraction of sp³-hybridized carbons (Fsp3) is 0.381. The first kappa shape index (κ1) is 18.8. The minimum atomic E-state index is -0.125. The van der Waals surface area contributed by atoms with Gasteiger partial charge in [-0.1, -0.05) is 38.1 Å². The number of benzene rings is 2. The second-order valence-electron chi connectivity index (χ2n) is 6.04. The molecule has 2 aromatic rings. The van der Waals surface area contributed by atoms with E-state index in [1.54, 1.807) is 7.11 Å². The fourth-order valence-electron chi connectivity index (χ4n) is 2.75. The number of aryl methyl sites for hydroxylation is 2. The third-order valence-electron chi connectivity index (χ3n) is 4.27. The number of rotatable bonds is 8. The van der Waals surface area contributed by atoms with Crippen molar-refractivity contribution >= 4 is 5.91 Å². The fourth-order valence-corrected chi connectivity index (χ4v) is 2.75. The molecule has 2 aromatic carbocycles. The summed E-state index contributed by atoms with van der Waals surface area (Å²) in [7, 11) is 1.66. The van der Waals surface area contributed by atoms with Crippen molar-refractivity contribution in [2.24, 2.45) is 0 Å². The topological polar surface area (TPSA) is 47.6 Å². The molecule has 4 nitrogen and oxygen atoms in total. The van der Waals surface area contributed by atoms with Crippen LogP contribution in [-0.2, 0) is 11.2 Å². The highest BCUT2D eigenvalue weighted by molar-refractivity contribution is 5.78. The highest BCUT2D eigenvalue weighted by Gasteiger charge is 2.14. The molecule has 0 fully saturated rings. The van der Waals surface area contributed by atoms with Gasteiger partial charge in [0.25, 0.3) is 5.91 Å². The Morgan fingerprint density at radius 2 is 1.84 bits per heavy atom. The summed E-state index contributed by atoms with van der Waals surface area (Å²) in [5.74, 6) is 1.43. The molecule has 0 aliphatic heterocycles. The zero-order valence-corrected chi connectivity index (χ0v) is 15.5. The molecule has 2 rings (SSSR count). The summed E-state index contributed by atoms with van der Waals surface area (Å²) in [6, 6.07) is 13.8. The van der Waals surface area contributed by atoms with Crippen LogP contribution in [0.25, 0.3) is 0 Å². The minimum Gasteiger partial charge on any atom is -0.496 e. The third-order valence-corrected chi connectivity index (χ3v) is 4.27. The van der Waals surface area contributed by atoms with Crippen LogP contribution in [0, 0.1) is 6.92 Å². The molecule has 0 bridgehead atoms. The molecule has 4 heteroatoms. The van der Waals surface area contributed by atoms with Crippen molar-refractivity contribution in [1.82, 2.24) is 5.32 Å². The lowest BCUT2D eigenvalue weighted by molar-refractivity contribution is -0.123. The van der Waals surface area contributed by atoms with Crippen LogP contribution >= 0.6 is 0 Å². The van der Waals surface area contributed by atoms with E-state index < -0.39 is 0 Å². The molecule has 0 heterocycles. The molecule has 0 aliphatic rings. The normalized spacial score (nSPS) is 11.7. The Bertz CT molecular complexity index is 695. The quantitative estimate of drug-likeness (QED) is 0.782. The summed E-state index contributed by atoms with van der Waals surface area (Å²) in [5, 5.41) is 3.04. The summed E-state index contributed by atoms with van der Waals surface area (Å²) in [4.78, 5) is 12.2. The molecule has 0 saturated carbocycles. The van der Waals surface area contributed by atoms with Gasteiger partial charge in [-0.25, -0.2) is 0 Å². The van der Waals surface area contributed by atoms with Gasteiger partial charge >= 0.3 is 0 Å². The molecule has 0 unspecified atom stereocenters. The Kier molecular flexibility index (Phi) is 6.87. The predicted molar refractivity (Wildman–Crippen MR) is 100 cm³/mol. The van der Waals surface area contributed by atoms with E-state index in [9.17, 15) is 4.79 Å². The van der Waals surface area contributed by atoms with Gasteiger partial charge in [-0.3, -0.25) is 4.79 Å². The smallest absolute Gasteiger partial charge is 0.258 e. The summed E-state index contributed by atoms with van der Waals surface area (Å²) >= 11 is 0. The highest BCUT2D eigenvalue weighted by Crippen LogP contribution is 2.24. The van der Waals surface area contributed by atoms with Gasteiger partial charge < -0.3 is 14.8 Å². The third kappa shape index (κ3) is 5.24. The SMILES string of the molecule is CCc1ccc(OCC(=O)N[C@@H](CC)c2ccc(OC)c(C)c2)cc1. The zero-order valence-electron chi connectivity index (χ0n) is 15.5. The van der Waals surface area contributed by atoms with E-state index in [2.05, 4.69) is 25.2 Å². The average Bonchev–Trinajstić information content (AvgIpc) is 2.64. The van der Waals surface area contributed by atoms with E-state index in [1.165, 1.54) is 5.56 Å². The largest absolute Gasteiger partial charge is 0.496 e. The van der Waals surface area contributed by atoms with Gasteiger partial charge in [-0.2, -0.15) is 0 Å². The Morgan fingerprint density at radius 1 is 1.12 bits per heavy atom. The van der Waals surface area contributed by atoms with Gasteiger partial charge in [-0.15, -0.1) is 0 Å². The number of methoxy groups -OCH3 is 1. The number of hydrogen-bond acceptors (Lipinski definition) is 3. The maximum absolute atomic E-state index is 12.2. The van der Waals surface area contributed by atoms with Crippen molar-refractivity contribution in [2.45, 2.75) is 39.7 Å². The molecule has 0 radical (unpaired) electrons.